The summed E-state index contributed by atoms with van der Waals surface area (Å²) < 4.78 is 21.2. The van der Waals surface area contributed by atoms with Crippen molar-refractivity contribution in [1.82, 2.24) is 0 Å². The Morgan fingerprint density at radius 2 is 1.75 bits per heavy atom. The van der Waals surface area contributed by atoms with E-state index in [0.29, 0.717) is 41.2 Å². The molecule has 28 heavy (non-hydrogen) atoms. The first-order chi connectivity index (χ1) is 13.6. The molecule has 1 aliphatic rings. The van der Waals surface area contributed by atoms with Gasteiger partial charge in [-0.2, -0.15) is 0 Å². The maximum absolute atomic E-state index is 12.4. The zero-order valence-corrected chi connectivity index (χ0v) is 14.8. The van der Waals surface area contributed by atoms with Crippen LogP contribution in [-0.4, -0.2) is 31.6 Å². The highest BCUT2D eigenvalue weighted by Gasteiger charge is 2.19. The van der Waals surface area contributed by atoms with Crippen LogP contribution in [-0.2, 0) is 4.74 Å². The summed E-state index contributed by atoms with van der Waals surface area (Å²) in [6, 6.07) is 13.0. The number of rotatable bonds is 4. The molecule has 7 nitrogen and oxygen atoms in total. The van der Waals surface area contributed by atoms with E-state index in [1.807, 2.05) is 0 Å². The molecule has 1 aliphatic heterocycles. The molecule has 2 aromatic carbocycles. The Bertz CT molecular complexity index is 1110. The van der Waals surface area contributed by atoms with Gasteiger partial charge in [-0.25, -0.2) is 9.59 Å². The molecular formula is C21H16O7. The van der Waals surface area contributed by atoms with Gasteiger partial charge in [0, 0.05) is 17.4 Å². The number of ketones is 1. The molecule has 2 heterocycles. The van der Waals surface area contributed by atoms with Crippen molar-refractivity contribution in [2.75, 3.05) is 19.8 Å². The third-order valence-electron chi connectivity index (χ3n) is 4.27. The lowest BCUT2D eigenvalue weighted by molar-refractivity contribution is 0.0470. The van der Waals surface area contributed by atoms with Gasteiger partial charge in [0.25, 0.3) is 0 Å². The molecule has 142 valence electrons. The minimum atomic E-state index is -0.915. The SMILES string of the molecule is O=C(COC(=O)c1cc2ccccc2oc1=O)c1ccc2c(c1)OCCCO2. The quantitative estimate of drug-likeness (QED) is 0.390. The normalized spacial score (nSPS) is 13.0. The Morgan fingerprint density at radius 1 is 0.964 bits per heavy atom. The van der Waals surface area contributed by atoms with E-state index in [-0.39, 0.29) is 5.56 Å². The van der Waals surface area contributed by atoms with Crippen LogP contribution in [0.2, 0.25) is 0 Å². The monoisotopic (exact) mass is 380 g/mol. The second-order valence-corrected chi connectivity index (χ2v) is 6.20. The molecule has 1 aromatic heterocycles. The number of Topliss-reactive ketones (excluding diaryl/α,β-unsaturated/α-hetero) is 1. The molecule has 0 radical (unpaired) electrons. The van der Waals surface area contributed by atoms with E-state index in [4.69, 9.17) is 18.6 Å². The van der Waals surface area contributed by atoms with E-state index in [1.165, 1.54) is 6.07 Å². The average Bonchev–Trinajstić information content (AvgIpc) is 2.96. The molecule has 0 atom stereocenters. The largest absolute Gasteiger partial charge is 0.490 e. The van der Waals surface area contributed by atoms with Crippen LogP contribution >= 0.6 is 0 Å². The van der Waals surface area contributed by atoms with E-state index >= 15 is 0 Å². The summed E-state index contributed by atoms with van der Waals surface area (Å²) >= 11 is 0. The van der Waals surface area contributed by atoms with Crippen LogP contribution in [0.25, 0.3) is 11.0 Å². The number of para-hydroxylation sites is 1. The van der Waals surface area contributed by atoms with Crippen molar-refractivity contribution in [2.24, 2.45) is 0 Å². The van der Waals surface area contributed by atoms with Crippen molar-refractivity contribution in [3.8, 4) is 11.5 Å². The van der Waals surface area contributed by atoms with Crippen molar-refractivity contribution >= 4 is 22.7 Å². The first kappa shape index (κ1) is 17.8. The number of carbonyl (C=O) groups excluding carboxylic acids is 2. The van der Waals surface area contributed by atoms with Crippen LogP contribution in [0, 0.1) is 0 Å². The number of ether oxygens (including phenoxy) is 3. The topological polar surface area (TPSA) is 92.0 Å². The fourth-order valence-electron chi connectivity index (χ4n) is 2.83. The van der Waals surface area contributed by atoms with Crippen LogP contribution in [0.5, 0.6) is 11.5 Å². The zero-order valence-electron chi connectivity index (χ0n) is 14.8. The minimum Gasteiger partial charge on any atom is -0.490 e. The number of benzene rings is 2. The third-order valence-corrected chi connectivity index (χ3v) is 4.27. The summed E-state index contributed by atoms with van der Waals surface area (Å²) in [4.78, 5) is 36.6. The van der Waals surface area contributed by atoms with Crippen LogP contribution in [0.3, 0.4) is 0 Å². The Hall–Kier alpha value is -3.61. The van der Waals surface area contributed by atoms with Crippen molar-refractivity contribution in [3.63, 3.8) is 0 Å². The molecule has 0 amide bonds. The second-order valence-electron chi connectivity index (χ2n) is 6.20. The van der Waals surface area contributed by atoms with E-state index in [1.54, 1.807) is 42.5 Å². The van der Waals surface area contributed by atoms with E-state index in [2.05, 4.69) is 0 Å². The summed E-state index contributed by atoms with van der Waals surface area (Å²) in [6.45, 7) is 0.536. The van der Waals surface area contributed by atoms with Gasteiger partial charge in [-0.3, -0.25) is 4.79 Å². The summed E-state index contributed by atoms with van der Waals surface area (Å²) in [7, 11) is 0. The lowest BCUT2D eigenvalue weighted by atomic mass is 10.1. The van der Waals surface area contributed by atoms with Gasteiger partial charge in [0.05, 0.1) is 13.2 Å². The van der Waals surface area contributed by atoms with E-state index < -0.39 is 24.0 Å². The van der Waals surface area contributed by atoms with Gasteiger partial charge < -0.3 is 18.6 Å². The number of fused-ring (bicyclic) bond motifs is 2. The summed E-state index contributed by atoms with van der Waals surface area (Å²) in [6.07, 6.45) is 0.754. The van der Waals surface area contributed by atoms with Crippen molar-refractivity contribution in [3.05, 3.63) is 70.1 Å². The molecule has 0 fully saturated rings. The predicted octanol–water partition coefficient (Wildman–Crippen LogP) is 2.99. The minimum absolute atomic E-state index is 0.259. The van der Waals surface area contributed by atoms with Gasteiger partial charge in [-0.1, -0.05) is 18.2 Å². The maximum atomic E-state index is 12.4. The Labute approximate surface area is 159 Å². The van der Waals surface area contributed by atoms with Crippen LogP contribution in [0.15, 0.2) is 57.7 Å². The molecule has 0 N–H and O–H groups in total. The standard InChI is InChI=1S/C21H16O7/c22-16(13-6-7-18-19(11-13)26-9-3-8-25-18)12-27-20(23)15-10-14-4-1-2-5-17(14)28-21(15)24/h1-2,4-7,10-11H,3,8-9,12H2. The Kier molecular flexibility index (Phi) is 4.80. The molecule has 0 bridgehead atoms. The van der Waals surface area contributed by atoms with Crippen molar-refractivity contribution < 1.29 is 28.2 Å². The van der Waals surface area contributed by atoms with Gasteiger partial charge in [0.15, 0.2) is 23.9 Å². The maximum Gasteiger partial charge on any atom is 0.351 e. The summed E-state index contributed by atoms with van der Waals surface area (Å²) in [5, 5.41) is 0.586. The fourth-order valence-corrected chi connectivity index (χ4v) is 2.83. The Balaban J connectivity index is 1.48. The summed E-state index contributed by atoms with van der Waals surface area (Å²) in [5.41, 5.74) is -0.383. The molecule has 0 aliphatic carbocycles. The lowest BCUT2D eigenvalue weighted by Gasteiger charge is -2.09. The van der Waals surface area contributed by atoms with Crippen molar-refractivity contribution in [2.45, 2.75) is 6.42 Å². The molecular weight excluding hydrogens is 364 g/mol. The zero-order chi connectivity index (χ0) is 19.5. The van der Waals surface area contributed by atoms with Gasteiger partial charge in [0.1, 0.15) is 11.1 Å². The first-order valence-corrected chi connectivity index (χ1v) is 8.75. The molecule has 4 rings (SSSR count). The highest BCUT2D eigenvalue weighted by molar-refractivity contribution is 6.00. The second kappa shape index (κ2) is 7.56. The number of esters is 1. The average molecular weight is 380 g/mol. The van der Waals surface area contributed by atoms with E-state index in [0.717, 1.165) is 6.42 Å². The predicted molar refractivity (Wildman–Crippen MR) is 99.1 cm³/mol. The fraction of sp³-hybridized carbons (Fsp3) is 0.190. The highest BCUT2D eigenvalue weighted by atomic mass is 16.5. The molecule has 0 spiro atoms. The van der Waals surface area contributed by atoms with Crippen LogP contribution in [0.1, 0.15) is 27.1 Å². The molecule has 0 saturated carbocycles. The molecule has 3 aromatic rings. The smallest absolute Gasteiger partial charge is 0.351 e. The van der Waals surface area contributed by atoms with Crippen LogP contribution in [0.4, 0.5) is 0 Å². The first-order valence-electron chi connectivity index (χ1n) is 8.75. The van der Waals surface area contributed by atoms with E-state index in [9.17, 15) is 14.4 Å². The third kappa shape index (κ3) is 3.59. The van der Waals surface area contributed by atoms with Gasteiger partial charge >= 0.3 is 11.6 Å². The van der Waals surface area contributed by atoms with Gasteiger partial charge in [0.2, 0.25) is 0 Å². The summed E-state index contributed by atoms with van der Waals surface area (Å²) in [5.74, 6) is -0.291. The molecule has 0 unspecified atom stereocenters. The molecule has 7 heteroatoms. The number of hydrogen-bond acceptors (Lipinski definition) is 7. The van der Waals surface area contributed by atoms with Gasteiger partial charge in [-0.05, 0) is 30.3 Å². The van der Waals surface area contributed by atoms with Crippen LogP contribution < -0.4 is 15.1 Å². The number of hydrogen-bond donors (Lipinski definition) is 0. The Morgan fingerprint density at radius 3 is 2.61 bits per heavy atom. The molecule has 0 saturated heterocycles. The number of carbonyl (C=O) groups is 2. The lowest BCUT2D eigenvalue weighted by Crippen LogP contribution is -2.20. The van der Waals surface area contributed by atoms with Crippen molar-refractivity contribution in [1.29, 1.82) is 0 Å². The highest BCUT2D eigenvalue weighted by Crippen LogP contribution is 2.30. The van der Waals surface area contributed by atoms with Gasteiger partial charge in [-0.15, -0.1) is 0 Å².